The van der Waals surface area contributed by atoms with Crippen LogP contribution in [0.2, 0.25) is 0 Å². The van der Waals surface area contributed by atoms with E-state index in [0.717, 1.165) is 36.5 Å². The summed E-state index contributed by atoms with van der Waals surface area (Å²) in [6, 6.07) is 8.72. The third kappa shape index (κ3) is 2.21. The van der Waals surface area contributed by atoms with Crippen LogP contribution in [0.3, 0.4) is 0 Å². The molecule has 25 heavy (non-hydrogen) atoms. The Hall–Kier alpha value is -2.89. The van der Waals surface area contributed by atoms with Crippen molar-refractivity contribution in [2.75, 3.05) is 18.1 Å². The van der Waals surface area contributed by atoms with Gasteiger partial charge in [0.25, 0.3) is 0 Å². The smallest absolute Gasteiger partial charge is 0.182 e. The van der Waals surface area contributed by atoms with Crippen molar-refractivity contribution in [3.8, 4) is 0 Å². The predicted molar refractivity (Wildman–Crippen MR) is 96.2 cm³/mol. The first-order valence-electron chi connectivity index (χ1n) is 8.67. The molecule has 126 valence electrons. The summed E-state index contributed by atoms with van der Waals surface area (Å²) in [7, 11) is 0. The zero-order valence-electron chi connectivity index (χ0n) is 14.1. The number of H-pyrrole nitrogens is 1. The molecule has 1 fully saturated rings. The molecule has 1 saturated heterocycles. The molecule has 0 radical (unpaired) electrons. The number of anilines is 1. The van der Waals surface area contributed by atoms with E-state index >= 15 is 0 Å². The number of aromatic nitrogens is 4. The summed E-state index contributed by atoms with van der Waals surface area (Å²) in [5.74, 6) is 1.96. The second-order valence-electron chi connectivity index (χ2n) is 6.60. The predicted octanol–water partition coefficient (Wildman–Crippen LogP) is 1.33. The molecule has 6 heteroatoms. The second-order valence-corrected chi connectivity index (χ2v) is 6.60. The van der Waals surface area contributed by atoms with E-state index in [0.29, 0.717) is 18.3 Å². The summed E-state index contributed by atoms with van der Waals surface area (Å²) < 4.78 is 6.21. The lowest BCUT2D eigenvalue weighted by Gasteiger charge is -2.27. The molecular weight excluding hydrogens is 314 g/mol. The molecule has 1 aliphatic heterocycles. The quantitative estimate of drug-likeness (QED) is 0.780. The highest BCUT2D eigenvalue weighted by molar-refractivity contribution is 5.88. The maximum absolute atomic E-state index is 6.21. The van der Waals surface area contributed by atoms with Crippen molar-refractivity contribution < 1.29 is 4.74 Å². The normalized spacial score (nSPS) is 19.2. The van der Waals surface area contributed by atoms with Gasteiger partial charge >= 0.3 is 0 Å². The Bertz CT molecular complexity index is 1070. The first-order valence-corrected chi connectivity index (χ1v) is 8.67. The van der Waals surface area contributed by atoms with Crippen molar-refractivity contribution in [2.45, 2.75) is 25.8 Å². The lowest BCUT2D eigenvalue weighted by molar-refractivity contribution is 0.251. The Labute approximate surface area is 144 Å². The fourth-order valence-electron chi connectivity index (χ4n) is 3.89. The van der Waals surface area contributed by atoms with Gasteiger partial charge in [0.2, 0.25) is 0 Å². The van der Waals surface area contributed by atoms with E-state index in [1.165, 1.54) is 16.0 Å². The van der Waals surface area contributed by atoms with Crippen LogP contribution in [-0.2, 0) is 4.74 Å². The highest BCUT2D eigenvalue weighted by atomic mass is 16.5. The number of nitrogens with zero attached hydrogens (tertiary/aromatic N) is 4. The maximum atomic E-state index is 6.21. The molecule has 1 unspecified atom stereocenters. The van der Waals surface area contributed by atoms with Gasteiger partial charge in [-0.05, 0) is 30.6 Å². The van der Waals surface area contributed by atoms with Crippen LogP contribution in [0.4, 0.5) is 5.82 Å². The molecular formula is C19H19N5O. The molecule has 0 spiro atoms. The number of fused-ring (bicyclic) bond motifs is 2. The van der Waals surface area contributed by atoms with Gasteiger partial charge in [-0.3, -0.25) is 0 Å². The number of rotatable bonds is 4. The fourth-order valence-corrected chi connectivity index (χ4v) is 3.89. The van der Waals surface area contributed by atoms with Crippen molar-refractivity contribution in [3.05, 3.63) is 47.4 Å². The number of ether oxygens (including phenoxy) is 1. The van der Waals surface area contributed by atoms with E-state index in [2.05, 4.69) is 56.0 Å². The molecule has 1 aromatic carbocycles. The standard InChI is InChI=1S/C19H19N5O/c1-12-14-6-2-3-7-15(14)17(12)25-9-13-5-4-8-24(13)19-16-18(21-10-20-16)22-11-23-19/h2-3,6-7,10-11,13H,4-5,8-9H2,1H3,(H,20,21,22,23). The number of aromatic amines is 1. The van der Waals surface area contributed by atoms with Gasteiger partial charge in [-0.1, -0.05) is 24.3 Å². The summed E-state index contributed by atoms with van der Waals surface area (Å²) in [4.78, 5) is 18.4. The van der Waals surface area contributed by atoms with Crippen molar-refractivity contribution in [2.24, 2.45) is 0 Å². The minimum Gasteiger partial charge on any atom is -0.490 e. The van der Waals surface area contributed by atoms with Gasteiger partial charge in [0.15, 0.2) is 11.5 Å². The van der Waals surface area contributed by atoms with Gasteiger partial charge in [-0.25, -0.2) is 15.0 Å². The van der Waals surface area contributed by atoms with Gasteiger partial charge in [0.05, 0.1) is 12.4 Å². The zero-order valence-corrected chi connectivity index (χ0v) is 14.1. The lowest BCUT2D eigenvalue weighted by Crippen LogP contribution is -2.40. The van der Waals surface area contributed by atoms with Crippen molar-refractivity contribution in [3.63, 3.8) is 0 Å². The monoisotopic (exact) mass is 333 g/mol. The van der Waals surface area contributed by atoms with Crippen LogP contribution in [0.15, 0.2) is 36.9 Å². The van der Waals surface area contributed by atoms with Crippen LogP contribution in [0.25, 0.3) is 22.5 Å². The summed E-state index contributed by atoms with van der Waals surface area (Å²) in [5.41, 5.74) is 2.86. The Morgan fingerprint density at radius 3 is 3.00 bits per heavy atom. The van der Waals surface area contributed by atoms with Gasteiger partial charge in [-0.15, -0.1) is 0 Å². The van der Waals surface area contributed by atoms with Crippen LogP contribution < -0.4 is 15.3 Å². The fraction of sp³-hybridized carbons (Fsp3) is 0.316. The molecule has 5 rings (SSSR count). The molecule has 6 nitrogen and oxygen atoms in total. The number of hydrogen-bond acceptors (Lipinski definition) is 5. The topological polar surface area (TPSA) is 66.9 Å². The first kappa shape index (κ1) is 14.5. The Balaban J connectivity index is 1.40. The van der Waals surface area contributed by atoms with E-state index in [1.807, 2.05) is 0 Å². The molecule has 0 bridgehead atoms. The minimum absolute atomic E-state index is 0.314. The third-order valence-corrected chi connectivity index (χ3v) is 5.19. The third-order valence-electron chi connectivity index (χ3n) is 5.19. The molecule has 1 N–H and O–H groups in total. The van der Waals surface area contributed by atoms with Crippen LogP contribution in [0.1, 0.15) is 19.8 Å². The highest BCUT2D eigenvalue weighted by Crippen LogP contribution is 2.29. The van der Waals surface area contributed by atoms with E-state index in [-0.39, 0.29) is 0 Å². The van der Waals surface area contributed by atoms with Crippen LogP contribution >= 0.6 is 0 Å². The van der Waals surface area contributed by atoms with Gasteiger partial charge < -0.3 is 14.6 Å². The van der Waals surface area contributed by atoms with Crippen LogP contribution in [0.5, 0.6) is 0 Å². The number of benzene rings is 1. The van der Waals surface area contributed by atoms with Crippen LogP contribution in [0, 0.1) is 0 Å². The number of nitrogens with one attached hydrogen (secondary N) is 1. The Morgan fingerprint density at radius 1 is 1.20 bits per heavy atom. The van der Waals surface area contributed by atoms with Crippen LogP contribution in [-0.4, -0.2) is 39.1 Å². The van der Waals surface area contributed by atoms with Crippen molar-refractivity contribution >= 4 is 28.3 Å². The molecule has 1 atom stereocenters. The van der Waals surface area contributed by atoms with Gasteiger partial charge in [-0.2, -0.15) is 0 Å². The summed E-state index contributed by atoms with van der Waals surface area (Å²) in [6.45, 7) is 3.77. The number of imidazole rings is 1. The van der Waals surface area contributed by atoms with E-state index in [1.54, 1.807) is 12.7 Å². The molecule has 2 aliphatic rings. The SMILES string of the molecule is CC1=c2ccccc2=C1OCC1CCCN1c1ncnc2nc[nH]c12. The lowest BCUT2D eigenvalue weighted by atomic mass is 9.99. The summed E-state index contributed by atoms with van der Waals surface area (Å²) in [6.07, 6.45) is 5.50. The number of hydrogen-bond donors (Lipinski definition) is 1. The molecule has 0 saturated carbocycles. The van der Waals surface area contributed by atoms with Gasteiger partial charge in [0, 0.05) is 11.8 Å². The van der Waals surface area contributed by atoms with Gasteiger partial charge in [0.1, 0.15) is 24.2 Å². The minimum atomic E-state index is 0.314. The van der Waals surface area contributed by atoms with E-state index in [9.17, 15) is 0 Å². The average molecular weight is 333 g/mol. The van der Waals surface area contributed by atoms with Crippen molar-refractivity contribution in [1.82, 2.24) is 19.9 Å². The average Bonchev–Trinajstić information content (AvgIpc) is 3.30. The Morgan fingerprint density at radius 2 is 2.08 bits per heavy atom. The molecule has 0 amide bonds. The van der Waals surface area contributed by atoms with E-state index < -0.39 is 0 Å². The highest BCUT2D eigenvalue weighted by Gasteiger charge is 2.29. The van der Waals surface area contributed by atoms with E-state index in [4.69, 9.17) is 4.74 Å². The molecule has 3 aromatic rings. The summed E-state index contributed by atoms with van der Waals surface area (Å²) in [5, 5.41) is 2.53. The zero-order chi connectivity index (χ0) is 16.8. The Kier molecular flexibility index (Phi) is 3.23. The second kappa shape index (κ2) is 5.58. The summed E-state index contributed by atoms with van der Waals surface area (Å²) >= 11 is 0. The molecule has 3 heterocycles. The van der Waals surface area contributed by atoms with Crippen molar-refractivity contribution in [1.29, 1.82) is 0 Å². The first-order chi connectivity index (χ1) is 12.3. The molecule has 2 aromatic heterocycles. The molecule has 1 aliphatic carbocycles. The largest absolute Gasteiger partial charge is 0.490 e. The maximum Gasteiger partial charge on any atom is 0.182 e.